The first kappa shape index (κ1) is 12.7. The van der Waals surface area contributed by atoms with Crippen LogP contribution in [0.2, 0.25) is 0 Å². The first-order valence-electron chi connectivity index (χ1n) is 6.06. The second kappa shape index (κ2) is 5.23. The molecule has 2 rings (SSSR count). The Morgan fingerprint density at radius 3 is 2.39 bits per heavy atom. The van der Waals surface area contributed by atoms with E-state index in [9.17, 15) is 5.11 Å². The van der Waals surface area contributed by atoms with Gasteiger partial charge in [0.2, 0.25) is 0 Å². The van der Waals surface area contributed by atoms with Crippen molar-refractivity contribution < 1.29 is 9.84 Å². The molecule has 2 nitrogen and oxygen atoms in total. The smallest absolute Gasteiger partial charge is 0.127 e. The summed E-state index contributed by atoms with van der Waals surface area (Å²) >= 11 is 0. The summed E-state index contributed by atoms with van der Waals surface area (Å²) in [6.45, 7) is 3.84. The van der Waals surface area contributed by atoms with Crippen LogP contribution in [0.1, 0.15) is 24.2 Å². The van der Waals surface area contributed by atoms with E-state index < -0.39 is 6.10 Å². The maximum atomic E-state index is 9.92. The van der Waals surface area contributed by atoms with Crippen LogP contribution in [0.3, 0.4) is 0 Å². The molecule has 0 saturated carbocycles. The van der Waals surface area contributed by atoms with Gasteiger partial charge in [-0.3, -0.25) is 0 Å². The molecule has 2 aromatic rings. The van der Waals surface area contributed by atoms with E-state index in [0.717, 1.165) is 22.4 Å². The molecule has 0 unspecified atom stereocenters. The summed E-state index contributed by atoms with van der Waals surface area (Å²) in [5.41, 5.74) is 4.14. The molecule has 2 heteroatoms. The fourth-order valence-corrected chi connectivity index (χ4v) is 2.21. The van der Waals surface area contributed by atoms with E-state index in [0.29, 0.717) is 0 Å². The van der Waals surface area contributed by atoms with E-state index >= 15 is 0 Å². The van der Waals surface area contributed by atoms with Crippen molar-refractivity contribution in [3.8, 4) is 16.9 Å². The molecule has 0 spiro atoms. The normalized spacial score (nSPS) is 12.2. The molecule has 0 aliphatic heterocycles. The van der Waals surface area contributed by atoms with Crippen LogP contribution in [-0.2, 0) is 0 Å². The Kier molecular flexibility index (Phi) is 3.68. The number of aryl methyl sites for hydroxylation is 1. The minimum atomic E-state index is -0.519. The molecule has 0 bridgehead atoms. The summed E-state index contributed by atoms with van der Waals surface area (Å²) < 4.78 is 5.43. The molecule has 1 atom stereocenters. The third kappa shape index (κ3) is 2.24. The summed E-state index contributed by atoms with van der Waals surface area (Å²) in [7, 11) is 1.66. The number of aliphatic hydroxyl groups excluding tert-OH is 1. The Balaban J connectivity index is 2.72. The summed E-state index contributed by atoms with van der Waals surface area (Å²) in [5.74, 6) is 0.794. The van der Waals surface area contributed by atoms with E-state index in [4.69, 9.17) is 4.74 Å². The van der Waals surface area contributed by atoms with Gasteiger partial charge in [-0.25, -0.2) is 0 Å². The van der Waals surface area contributed by atoms with Gasteiger partial charge in [-0.15, -0.1) is 0 Å². The number of benzene rings is 2. The van der Waals surface area contributed by atoms with Crippen LogP contribution in [0.15, 0.2) is 42.5 Å². The van der Waals surface area contributed by atoms with Crippen LogP contribution in [0.25, 0.3) is 11.1 Å². The third-order valence-electron chi connectivity index (χ3n) is 3.14. The number of ether oxygens (including phenoxy) is 1. The molecule has 0 aliphatic rings. The Morgan fingerprint density at radius 2 is 1.78 bits per heavy atom. The van der Waals surface area contributed by atoms with Gasteiger partial charge in [-0.05, 0) is 36.6 Å². The maximum absolute atomic E-state index is 9.92. The minimum absolute atomic E-state index is 0.519. The quantitative estimate of drug-likeness (QED) is 0.888. The van der Waals surface area contributed by atoms with Crippen molar-refractivity contribution in [2.45, 2.75) is 20.0 Å². The summed E-state index contributed by atoms with van der Waals surface area (Å²) in [4.78, 5) is 0. The SMILES string of the molecule is COc1cccc([C@@H](C)O)c1-c1ccccc1C. The van der Waals surface area contributed by atoms with E-state index in [1.54, 1.807) is 14.0 Å². The van der Waals surface area contributed by atoms with Crippen molar-refractivity contribution in [2.75, 3.05) is 7.11 Å². The fraction of sp³-hybridized carbons (Fsp3) is 0.250. The van der Waals surface area contributed by atoms with Gasteiger partial charge in [0.1, 0.15) is 5.75 Å². The lowest BCUT2D eigenvalue weighted by molar-refractivity contribution is 0.199. The molecule has 94 valence electrons. The van der Waals surface area contributed by atoms with Crippen LogP contribution in [0, 0.1) is 6.92 Å². The van der Waals surface area contributed by atoms with Crippen molar-refractivity contribution in [3.63, 3.8) is 0 Å². The average molecular weight is 242 g/mol. The van der Waals surface area contributed by atoms with Crippen molar-refractivity contribution in [2.24, 2.45) is 0 Å². The molecule has 2 aromatic carbocycles. The highest BCUT2D eigenvalue weighted by molar-refractivity contribution is 5.76. The molecule has 0 radical (unpaired) electrons. The Bertz CT molecular complexity index is 545. The highest BCUT2D eigenvalue weighted by Crippen LogP contribution is 2.37. The Morgan fingerprint density at radius 1 is 1.06 bits per heavy atom. The minimum Gasteiger partial charge on any atom is -0.496 e. The molecule has 0 aliphatic carbocycles. The van der Waals surface area contributed by atoms with E-state index in [-0.39, 0.29) is 0 Å². The zero-order valence-electron chi connectivity index (χ0n) is 11.0. The van der Waals surface area contributed by atoms with Crippen LogP contribution in [0.4, 0.5) is 0 Å². The van der Waals surface area contributed by atoms with Crippen molar-refractivity contribution in [3.05, 3.63) is 53.6 Å². The fourth-order valence-electron chi connectivity index (χ4n) is 2.21. The zero-order valence-corrected chi connectivity index (χ0v) is 11.0. The van der Waals surface area contributed by atoms with Gasteiger partial charge in [0.15, 0.2) is 0 Å². The molecule has 0 saturated heterocycles. The predicted molar refractivity (Wildman–Crippen MR) is 73.8 cm³/mol. The molecule has 18 heavy (non-hydrogen) atoms. The van der Waals surface area contributed by atoms with Crippen molar-refractivity contribution >= 4 is 0 Å². The standard InChI is InChI=1S/C16H18O2/c1-11-7-4-5-8-13(11)16-14(12(2)17)9-6-10-15(16)18-3/h4-10,12,17H,1-3H3/t12-/m1/s1. The maximum Gasteiger partial charge on any atom is 0.127 e. The molecule has 0 aromatic heterocycles. The number of methoxy groups -OCH3 is 1. The first-order valence-corrected chi connectivity index (χ1v) is 6.06. The summed E-state index contributed by atoms with van der Waals surface area (Å²) in [6.07, 6.45) is -0.519. The molecule has 1 N–H and O–H groups in total. The van der Waals surface area contributed by atoms with Gasteiger partial charge in [0, 0.05) is 5.56 Å². The van der Waals surface area contributed by atoms with Gasteiger partial charge < -0.3 is 9.84 Å². The van der Waals surface area contributed by atoms with Crippen LogP contribution in [-0.4, -0.2) is 12.2 Å². The van der Waals surface area contributed by atoms with Crippen LogP contribution >= 0.6 is 0 Å². The highest BCUT2D eigenvalue weighted by Gasteiger charge is 2.15. The summed E-state index contributed by atoms with van der Waals surface area (Å²) in [5, 5.41) is 9.92. The molecule has 0 heterocycles. The Labute approximate surface area is 108 Å². The molecular formula is C16H18O2. The number of rotatable bonds is 3. The Hall–Kier alpha value is -1.80. The van der Waals surface area contributed by atoms with Gasteiger partial charge in [0.25, 0.3) is 0 Å². The van der Waals surface area contributed by atoms with Gasteiger partial charge >= 0.3 is 0 Å². The first-order chi connectivity index (χ1) is 8.65. The second-order valence-corrected chi connectivity index (χ2v) is 4.42. The largest absolute Gasteiger partial charge is 0.496 e. The van der Waals surface area contributed by atoms with Crippen LogP contribution < -0.4 is 4.74 Å². The topological polar surface area (TPSA) is 29.5 Å². The third-order valence-corrected chi connectivity index (χ3v) is 3.14. The number of hydrogen-bond acceptors (Lipinski definition) is 2. The number of aliphatic hydroxyl groups is 1. The van der Waals surface area contributed by atoms with Gasteiger partial charge in [-0.2, -0.15) is 0 Å². The zero-order chi connectivity index (χ0) is 13.1. The van der Waals surface area contributed by atoms with E-state index in [2.05, 4.69) is 19.1 Å². The van der Waals surface area contributed by atoms with E-state index in [1.165, 1.54) is 5.56 Å². The second-order valence-electron chi connectivity index (χ2n) is 4.42. The lowest BCUT2D eigenvalue weighted by Gasteiger charge is -2.17. The van der Waals surface area contributed by atoms with Crippen LogP contribution in [0.5, 0.6) is 5.75 Å². The highest BCUT2D eigenvalue weighted by atomic mass is 16.5. The van der Waals surface area contributed by atoms with Gasteiger partial charge in [0.05, 0.1) is 13.2 Å². The summed E-state index contributed by atoms with van der Waals surface area (Å²) in [6, 6.07) is 13.9. The van der Waals surface area contributed by atoms with Gasteiger partial charge in [-0.1, -0.05) is 36.4 Å². The molecular weight excluding hydrogens is 224 g/mol. The van der Waals surface area contributed by atoms with Crippen molar-refractivity contribution in [1.82, 2.24) is 0 Å². The van der Waals surface area contributed by atoms with E-state index in [1.807, 2.05) is 30.3 Å². The predicted octanol–water partition coefficient (Wildman–Crippen LogP) is 3.72. The molecule has 0 fully saturated rings. The monoisotopic (exact) mass is 242 g/mol. The molecule has 0 amide bonds. The van der Waals surface area contributed by atoms with Crippen molar-refractivity contribution in [1.29, 1.82) is 0 Å². The lowest BCUT2D eigenvalue weighted by atomic mass is 9.93. The average Bonchev–Trinajstić information content (AvgIpc) is 2.38. The number of hydrogen-bond donors (Lipinski definition) is 1. The lowest BCUT2D eigenvalue weighted by Crippen LogP contribution is -1.99.